The van der Waals surface area contributed by atoms with Crippen molar-refractivity contribution in [1.29, 1.82) is 0 Å². The summed E-state index contributed by atoms with van der Waals surface area (Å²) < 4.78 is 0.866. The van der Waals surface area contributed by atoms with Crippen LogP contribution in [0.4, 0.5) is 0 Å². The summed E-state index contributed by atoms with van der Waals surface area (Å²) in [6.45, 7) is 0. The SMILES string of the molecule is NC(=O)c1cccc(-c2nc3ccc(C(N)=O)cc3s2)c1. The average molecular weight is 297 g/mol. The van der Waals surface area contributed by atoms with E-state index in [-0.39, 0.29) is 0 Å². The third kappa shape index (κ3) is 2.48. The first-order valence-corrected chi connectivity index (χ1v) is 6.97. The van der Waals surface area contributed by atoms with Crippen LogP contribution in [0.1, 0.15) is 20.7 Å². The molecular weight excluding hydrogens is 286 g/mol. The van der Waals surface area contributed by atoms with Crippen LogP contribution < -0.4 is 11.5 Å². The standard InChI is InChI=1S/C15H11N3O2S/c16-13(19)8-2-1-3-10(6-8)15-18-11-5-4-9(14(17)20)7-12(11)21-15/h1-7H,(H2,16,19)(H2,17,20). The molecule has 2 amide bonds. The van der Waals surface area contributed by atoms with Gasteiger partial charge in [0.15, 0.2) is 0 Å². The number of hydrogen-bond acceptors (Lipinski definition) is 4. The zero-order valence-electron chi connectivity index (χ0n) is 10.9. The zero-order chi connectivity index (χ0) is 15.0. The number of fused-ring (bicyclic) bond motifs is 1. The molecule has 3 aromatic rings. The van der Waals surface area contributed by atoms with Gasteiger partial charge in [-0.15, -0.1) is 11.3 Å². The van der Waals surface area contributed by atoms with Gasteiger partial charge in [-0.3, -0.25) is 9.59 Å². The molecule has 6 heteroatoms. The largest absolute Gasteiger partial charge is 0.366 e. The number of nitrogens with two attached hydrogens (primary N) is 2. The van der Waals surface area contributed by atoms with Crippen molar-refractivity contribution in [2.24, 2.45) is 11.5 Å². The number of thiazole rings is 1. The first-order chi connectivity index (χ1) is 10.0. The smallest absolute Gasteiger partial charge is 0.248 e. The van der Waals surface area contributed by atoms with Crippen molar-refractivity contribution < 1.29 is 9.59 Å². The summed E-state index contributed by atoms with van der Waals surface area (Å²) in [6, 6.07) is 12.1. The highest BCUT2D eigenvalue weighted by Crippen LogP contribution is 2.31. The van der Waals surface area contributed by atoms with E-state index in [0.717, 1.165) is 20.8 Å². The number of benzene rings is 2. The molecule has 104 valence electrons. The molecule has 0 fully saturated rings. The Morgan fingerprint density at radius 1 is 0.952 bits per heavy atom. The number of aromatic nitrogens is 1. The fourth-order valence-corrected chi connectivity index (χ4v) is 3.01. The van der Waals surface area contributed by atoms with Crippen LogP contribution in [-0.2, 0) is 0 Å². The number of carbonyl (C=O) groups excluding carboxylic acids is 2. The highest BCUT2D eigenvalue weighted by molar-refractivity contribution is 7.21. The molecule has 0 aliphatic rings. The molecule has 0 saturated heterocycles. The van der Waals surface area contributed by atoms with Crippen LogP contribution in [0.15, 0.2) is 42.5 Å². The summed E-state index contributed by atoms with van der Waals surface area (Å²) in [5, 5.41) is 0.759. The lowest BCUT2D eigenvalue weighted by molar-refractivity contribution is 0.0992. The lowest BCUT2D eigenvalue weighted by Crippen LogP contribution is -2.10. The lowest BCUT2D eigenvalue weighted by atomic mass is 10.1. The van der Waals surface area contributed by atoms with Gasteiger partial charge in [-0.1, -0.05) is 12.1 Å². The van der Waals surface area contributed by atoms with Gasteiger partial charge < -0.3 is 11.5 Å². The van der Waals surface area contributed by atoms with Crippen LogP contribution in [0.3, 0.4) is 0 Å². The van der Waals surface area contributed by atoms with E-state index in [4.69, 9.17) is 11.5 Å². The molecular formula is C15H11N3O2S. The second-order valence-electron chi connectivity index (χ2n) is 4.51. The van der Waals surface area contributed by atoms with Crippen LogP contribution in [0.25, 0.3) is 20.8 Å². The van der Waals surface area contributed by atoms with Gasteiger partial charge in [0.2, 0.25) is 11.8 Å². The predicted molar refractivity (Wildman–Crippen MR) is 82.1 cm³/mol. The minimum Gasteiger partial charge on any atom is -0.366 e. The van der Waals surface area contributed by atoms with E-state index in [1.54, 1.807) is 36.4 Å². The Hall–Kier alpha value is -2.73. The van der Waals surface area contributed by atoms with Crippen molar-refractivity contribution in [3.05, 3.63) is 53.6 Å². The van der Waals surface area contributed by atoms with Gasteiger partial charge in [-0.25, -0.2) is 4.98 Å². The third-order valence-electron chi connectivity index (χ3n) is 3.07. The quantitative estimate of drug-likeness (QED) is 0.774. The molecule has 21 heavy (non-hydrogen) atoms. The molecule has 4 N–H and O–H groups in total. The van der Waals surface area contributed by atoms with Gasteiger partial charge in [0.1, 0.15) is 5.01 Å². The number of rotatable bonds is 3. The summed E-state index contributed by atoms with van der Waals surface area (Å²) in [7, 11) is 0. The first-order valence-electron chi connectivity index (χ1n) is 6.15. The van der Waals surface area contributed by atoms with Crippen molar-refractivity contribution in [2.75, 3.05) is 0 Å². The Kier molecular flexibility index (Phi) is 3.15. The first kappa shape index (κ1) is 13.3. The van der Waals surface area contributed by atoms with Crippen LogP contribution in [0.5, 0.6) is 0 Å². The lowest BCUT2D eigenvalue weighted by Gasteiger charge is -1.98. The topological polar surface area (TPSA) is 99.1 Å². The summed E-state index contributed by atoms with van der Waals surface area (Å²) >= 11 is 1.43. The third-order valence-corrected chi connectivity index (χ3v) is 4.13. The number of carbonyl (C=O) groups is 2. The molecule has 0 bridgehead atoms. The predicted octanol–water partition coefficient (Wildman–Crippen LogP) is 2.16. The van der Waals surface area contributed by atoms with Crippen LogP contribution in [-0.4, -0.2) is 16.8 Å². The highest BCUT2D eigenvalue weighted by Gasteiger charge is 2.10. The second-order valence-corrected chi connectivity index (χ2v) is 5.54. The van der Waals surface area contributed by atoms with E-state index >= 15 is 0 Å². The molecule has 2 aromatic carbocycles. The summed E-state index contributed by atoms with van der Waals surface area (Å²) in [4.78, 5) is 26.9. The fourth-order valence-electron chi connectivity index (χ4n) is 2.01. The van der Waals surface area contributed by atoms with Gasteiger partial charge in [0.25, 0.3) is 0 Å². The number of nitrogens with zero attached hydrogens (tertiary/aromatic N) is 1. The monoisotopic (exact) mass is 297 g/mol. The van der Waals surface area contributed by atoms with Gasteiger partial charge in [0.05, 0.1) is 10.2 Å². The normalized spacial score (nSPS) is 10.7. The van der Waals surface area contributed by atoms with Gasteiger partial charge in [0, 0.05) is 16.7 Å². The Morgan fingerprint density at radius 2 is 1.67 bits per heavy atom. The maximum atomic E-state index is 11.2. The molecule has 0 radical (unpaired) electrons. The van der Waals surface area contributed by atoms with Gasteiger partial charge in [-0.2, -0.15) is 0 Å². The van der Waals surface area contributed by atoms with Crippen molar-refractivity contribution in [2.45, 2.75) is 0 Å². The molecule has 1 aromatic heterocycles. The van der Waals surface area contributed by atoms with Gasteiger partial charge >= 0.3 is 0 Å². The molecule has 0 aliphatic heterocycles. The number of hydrogen-bond donors (Lipinski definition) is 2. The van der Waals surface area contributed by atoms with E-state index < -0.39 is 11.8 Å². The Bertz CT molecular complexity index is 870. The van der Waals surface area contributed by atoms with E-state index in [2.05, 4.69) is 4.98 Å². The van der Waals surface area contributed by atoms with Crippen LogP contribution in [0, 0.1) is 0 Å². The highest BCUT2D eigenvalue weighted by atomic mass is 32.1. The van der Waals surface area contributed by atoms with Crippen LogP contribution in [0.2, 0.25) is 0 Å². The summed E-state index contributed by atoms with van der Waals surface area (Å²) in [5.41, 5.74) is 13.0. The maximum Gasteiger partial charge on any atom is 0.248 e. The molecule has 0 atom stereocenters. The molecule has 1 heterocycles. The van der Waals surface area contributed by atoms with E-state index in [9.17, 15) is 9.59 Å². The second kappa shape index (κ2) is 4.99. The van der Waals surface area contributed by atoms with E-state index in [0.29, 0.717) is 11.1 Å². The Labute approximate surface area is 124 Å². The van der Waals surface area contributed by atoms with Crippen molar-refractivity contribution in [3.63, 3.8) is 0 Å². The zero-order valence-corrected chi connectivity index (χ0v) is 11.7. The Morgan fingerprint density at radius 3 is 2.38 bits per heavy atom. The molecule has 5 nitrogen and oxygen atoms in total. The molecule has 0 spiro atoms. The number of primary amides is 2. The minimum absolute atomic E-state index is 0.435. The van der Waals surface area contributed by atoms with Crippen molar-refractivity contribution >= 4 is 33.4 Å². The molecule has 0 aliphatic carbocycles. The van der Waals surface area contributed by atoms with E-state index in [1.165, 1.54) is 11.3 Å². The summed E-state index contributed by atoms with van der Waals surface area (Å²) in [5.74, 6) is -0.948. The van der Waals surface area contributed by atoms with Crippen LogP contribution >= 0.6 is 11.3 Å². The summed E-state index contributed by atoms with van der Waals surface area (Å²) in [6.07, 6.45) is 0. The molecule has 0 unspecified atom stereocenters. The fraction of sp³-hybridized carbons (Fsp3) is 0. The average Bonchev–Trinajstić information content (AvgIpc) is 2.90. The minimum atomic E-state index is -0.478. The maximum absolute atomic E-state index is 11.2. The van der Waals surface area contributed by atoms with E-state index in [1.807, 2.05) is 6.07 Å². The molecule has 3 rings (SSSR count). The van der Waals surface area contributed by atoms with Gasteiger partial charge in [-0.05, 0) is 30.3 Å². The van der Waals surface area contributed by atoms with Crippen molar-refractivity contribution in [3.8, 4) is 10.6 Å². The molecule has 0 saturated carbocycles. The number of amides is 2. The van der Waals surface area contributed by atoms with Crippen molar-refractivity contribution in [1.82, 2.24) is 4.98 Å². The Balaban J connectivity index is 2.10.